The molecule has 1 fully saturated rings. The Morgan fingerprint density at radius 1 is 1.15 bits per heavy atom. The molecule has 1 aliphatic carbocycles. The number of nitrogens with zero attached hydrogens (tertiary/aromatic N) is 3. The Labute approximate surface area is 176 Å². The second kappa shape index (κ2) is 9.15. The maximum Gasteiger partial charge on any atom is 0.229 e. The van der Waals surface area contributed by atoms with Gasteiger partial charge in [-0.25, -0.2) is 4.98 Å². The predicted octanol–water partition coefficient (Wildman–Crippen LogP) is 3.72. The Hall–Kier alpha value is -1.47. The lowest BCUT2D eigenvalue weighted by atomic mass is 10.1. The molecule has 1 aromatic heterocycles. The lowest BCUT2D eigenvalue weighted by molar-refractivity contribution is 0.502. The van der Waals surface area contributed by atoms with Gasteiger partial charge in [0.15, 0.2) is 0 Å². The fourth-order valence-electron chi connectivity index (χ4n) is 3.68. The number of anilines is 4. The monoisotopic (exact) mass is 430 g/mol. The van der Waals surface area contributed by atoms with E-state index in [0.717, 1.165) is 62.4 Å². The van der Waals surface area contributed by atoms with Crippen molar-refractivity contribution in [3.8, 4) is 0 Å². The molecular weight excluding hydrogens is 407 g/mol. The maximum atomic E-state index is 6.17. The molecule has 2 heterocycles. The highest BCUT2D eigenvalue weighted by molar-refractivity contribution is 6.33. The molecule has 4 rings (SSSR count). The summed E-state index contributed by atoms with van der Waals surface area (Å²) < 4.78 is 0. The third-order valence-electron chi connectivity index (χ3n) is 4.92. The Bertz CT molecular complexity index is 801. The number of rotatable bonds is 3. The number of hydrogen-bond acceptors (Lipinski definition) is 6. The predicted molar refractivity (Wildman–Crippen MR) is 117 cm³/mol. The number of halogens is 3. The summed E-state index contributed by atoms with van der Waals surface area (Å²) in [5, 5.41) is 3.82. The number of hydrogen-bond donors (Lipinski definition) is 3. The first kappa shape index (κ1) is 21.8. The van der Waals surface area contributed by atoms with Gasteiger partial charge in [0.25, 0.3) is 0 Å². The molecule has 1 saturated heterocycles. The number of piperidine rings is 1. The SMILES string of the molecule is Cl.Cl.Nc1cc(Nc2nc3c(c(N4CCC[C@@H](N)C4)n2)CCC3)ccc1Cl. The normalized spacial score (nSPS) is 18.3. The summed E-state index contributed by atoms with van der Waals surface area (Å²) in [7, 11) is 0. The zero-order valence-electron chi connectivity index (χ0n) is 14.9. The van der Waals surface area contributed by atoms with Crippen LogP contribution in [-0.2, 0) is 12.8 Å². The van der Waals surface area contributed by atoms with Crippen molar-refractivity contribution in [2.24, 2.45) is 5.73 Å². The summed E-state index contributed by atoms with van der Waals surface area (Å²) in [6, 6.07) is 5.67. The molecule has 9 heteroatoms. The highest BCUT2D eigenvalue weighted by Crippen LogP contribution is 2.32. The Morgan fingerprint density at radius 2 is 1.96 bits per heavy atom. The van der Waals surface area contributed by atoms with Gasteiger partial charge in [0, 0.05) is 30.4 Å². The van der Waals surface area contributed by atoms with Gasteiger partial charge < -0.3 is 21.7 Å². The minimum absolute atomic E-state index is 0. The summed E-state index contributed by atoms with van der Waals surface area (Å²) in [4.78, 5) is 11.9. The summed E-state index contributed by atoms with van der Waals surface area (Å²) in [6.07, 6.45) is 5.37. The van der Waals surface area contributed by atoms with Crippen molar-refractivity contribution >= 4 is 59.6 Å². The molecule has 0 unspecified atom stereocenters. The second-order valence-corrected chi connectivity index (χ2v) is 7.27. The standard InChI is InChI=1S/C18H23ClN6.2ClH/c19-14-7-6-12(9-15(14)21)22-18-23-16-5-1-4-13(16)17(24-18)25-8-2-3-11(20)10-25;;/h6-7,9,11H,1-5,8,10,20-21H2,(H,22,23,24);2*1H/t11-;;/m1../s1. The number of aromatic nitrogens is 2. The number of aryl methyl sites for hydroxylation is 1. The maximum absolute atomic E-state index is 6.17. The van der Waals surface area contributed by atoms with Gasteiger partial charge in [-0.1, -0.05) is 11.6 Å². The number of benzene rings is 1. The van der Waals surface area contributed by atoms with Crippen LogP contribution in [0.25, 0.3) is 0 Å². The molecule has 0 spiro atoms. The van der Waals surface area contributed by atoms with Crippen molar-refractivity contribution < 1.29 is 0 Å². The molecular formula is C18H25Cl3N6. The van der Waals surface area contributed by atoms with Crippen molar-refractivity contribution in [2.75, 3.05) is 29.0 Å². The van der Waals surface area contributed by atoms with Gasteiger partial charge in [0.1, 0.15) is 5.82 Å². The highest BCUT2D eigenvalue weighted by Gasteiger charge is 2.26. The van der Waals surface area contributed by atoms with Crippen LogP contribution in [0, 0.1) is 0 Å². The quantitative estimate of drug-likeness (QED) is 0.641. The van der Waals surface area contributed by atoms with Crippen LogP contribution in [0.4, 0.5) is 23.1 Å². The third kappa shape index (κ3) is 4.69. The smallest absolute Gasteiger partial charge is 0.229 e. The van der Waals surface area contributed by atoms with E-state index in [4.69, 9.17) is 33.0 Å². The van der Waals surface area contributed by atoms with E-state index < -0.39 is 0 Å². The molecule has 1 aliphatic heterocycles. The largest absolute Gasteiger partial charge is 0.397 e. The van der Waals surface area contributed by atoms with Crippen molar-refractivity contribution in [3.05, 3.63) is 34.5 Å². The number of fused-ring (bicyclic) bond motifs is 1. The topological polar surface area (TPSA) is 93.1 Å². The molecule has 1 atom stereocenters. The Morgan fingerprint density at radius 3 is 2.70 bits per heavy atom. The molecule has 0 radical (unpaired) electrons. The molecule has 1 aromatic carbocycles. The van der Waals surface area contributed by atoms with E-state index in [1.54, 1.807) is 12.1 Å². The van der Waals surface area contributed by atoms with Crippen LogP contribution >= 0.6 is 36.4 Å². The lowest BCUT2D eigenvalue weighted by Gasteiger charge is -2.33. The summed E-state index contributed by atoms with van der Waals surface area (Å²) in [5.74, 6) is 1.65. The minimum Gasteiger partial charge on any atom is -0.397 e. The first-order chi connectivity index (χ1) is 12.1. The van der Waals surface area contributed by atoms with Gasteiger partial charge in [-0.15, -0.1) is 24.8 Å². The van der Waals surface area contributed by atoms with Crippen LogP contribution in [0.1, 0.15) is 30.5 Å². The van der Waals surface area contributed by atoms with Crippen LogP contribution in [0.3, 0.4) is 0 Å². The van der Waals surface area contributed by atoms with E-state index in [2.05, 4.69) is 10.2 Å². The summed E-state index contributed by atoms with van der Waals surface area (Å²) >= 11 is 6.00. The van der Waals surface area contributed by atoms with Crippen molar-refractivity contribution in [2.45, 2.75) is 38.1 Å². The molecule has 0 bridgehead atoms. The zero-order chi connectivity index (χ0) is 17.4. The van der Waals surface area contributed by atoms with Gasteiger partial charge in [0.2, 0.25) is 5.95 Å². The number of nitrogens with one attached hydrogen (secondary N) is 1. The number of nitrogens with two attached hydrogens (primary N) is 2. The van der Waals surface area contributed by atoms with E-state index in [1.807, 2.05) is 6.07 Å². The van der Waals surface area contributed by atoms with Crippen LogP contribution < -0.4 is 21.7 Å². The molecule has 0 saturated carbocycles. The van der Waals surface area contributed by atoms with Crippen LogP contribution in [0.2, 0.25) is 5.02 Å². The van der Waals surface area contributed by atoms with Crippen LogP contribution in [0.15, 0.2) is 18.2 Å². The van der Waals surface area contributed by atoms with E-state index in [-0.39, 0.29) is 30.9 Å². The van der Waals surface area contributed by atoms with Gasteiger partial charge in [-0.2, -0.15) is 4.98 Å². The first-order valence-electron chi connectivity index (χ1n) is 8.82. The molecule has 0 amide bonds. The van der Waals surface area contributed by atoms with Crippen molar-refractivity contribution in [1.29, 1.82) is 0 Å². The average molecular weight is 432 g/mol. The molecule has 6 nitrogen and oxygen atoms in total. The third-order valence-corrected chi connectivity index (χ3v) is 5.27. The average Bonchev–Trinajstić information content (AvgIpc) is 3.06. The molecule has 27 heavy (non-hydrogen) atoms. The molecule has 2 aliphatic rings. The lowest BCUT2D eigenvalue weighted by Crippen LogP contribution is -2.43. The molecule has 148 valence electrons. The van der Waals surface area contributed by atoms with Gasteiger partial charge >= 0.3 is 0 Å². The summed E-state index contributed by atoms with van der Waals surface area (Å²) in [5.41, 5.74) is 15.9. The summed E-state index contributed by atoms with van der Waals surface area (Å²) in [6.45, 7) is 1.86. The Balaban J connectivity index is 0.00000131. The minimum atomic E-state index is 0. The Kier molecular flexibility index (Phi) is 7.40. The highest BCUT2D eigenvalue weighted by atomic mass is 35.5. The molecule has 5 N–H and O–H groups in total. The van der Waals surface area contributed by atoms with E-state index in [9.17, 15) is 0 Å². The second-order valence-electron chi connectivity index (χ2n) is 6.86. The van der Waals surface area contributed by atoms with E-state index in [1.165, 1.54) is 5.56 Å². The van der Waals surface area contributed by atoms with Crippen LogP contribution in [0.5, 0.6) is 0 Å². The fraction of sp³-hybridized carbons (Fsp3) is 0.444. The van der Waals surface area contributed by atoms with Gasteiger partial charge in [-0.05, 0) is 50.3 Å². The first-order valence-corrected chi connectivity index (χ1v) is 9.20. The van der Waals surface area contributed by atoms with E-state index in [0.29, 0.717) is 16.7 Å². The van der Waals surface area contributed by atoms with Crippen molar-refractivity contribution in [1.82, 2.24) is 9.97 Å². The molecule has 2 aromatic rings. The van der Waals surface area contributed by atoms with Gasteiger partial charge in [-0.3, -0.25) is 0 Å². The van der Waals surface area contributed by atoms with Gasteiger partial charge in [0.05, 0.1) is 16.4 Å². The fourth-order valence-corrected chi connectivity index (χ4v) is 3.80. The van der Waals surface area contributed by atoms with E-state index >= 15 is 0 Å². The van der Waals surface area contributed by atoms with Crippen LogP contribution in [-0.4, -0.2) is 29.1 Å². The zero-order valence-corrected chi connectivity index (χ0v) is 17.3. The number of nitrogen functional groups attached to an aromatic ring is 1. The van der Waals surface area contributed by atoms with Crippen molar-refractivity contribution in [3.63, 3.8) is 0 Å².